The first-order chi connectivity index (χ1) is 15.2. The van der Waals surface area contributed by atoms with Crippen molar-refractivity contribution in [2.24, 2.45) is 0 Å². The highest BCUT2D eigenvalue weighted by Crippen LogP contribution is 2.48. The Kier molecular flexibility index (Phi) is 5.53. The summed E-state index contributed by atoms with van der Waals surface area (Å²) in [6.07, 6.45) is 1.54. The van der Waals surface area contributed by atoms with E-state index in [1.54, 1.807) is 42.5 Å². The van der Waals surface area contributed by atoms with Crippen LogP contribution in [0.15, 0.2) is 102 Å². The molecule has 5 nitrogen and oxygen atoms in total. The minimum absolute atomic E-state index is 0.00644. The molecule has 164 valence electrons. The molecule has 2 atom stereocenters. The van der Waals surface area contributed by atoms with Crippen LogP contribution in [0.25, 0.3) is 0 Å². The highest BCUT2D eigenvalue weighted by Gasteiger charge is 2.62. The molecular weight excluding hydrogens is 422 g/mol. The number of aliphatic hydroxyl groups is 1. The third-order valence-electron chi connectivity index (χ3n) is 6.05. The molecule has 0 bridgehead atoms. The lowest BCUT2D eigenvalue weighted by molar-refractivity contribution is -0.140. The normalized spacial score (nSPS) is 23.3. The number of carbonyl (C=O) groups is 1. The molecule has 3 aromatic rings. The second-order valence-corrected chi connectivity index (χ2v) is 10.0. The summed E-state index contributed by atoms with van der Waals surface area (Å²) in [6, 6.07) is 24.1. The summed E-state index contributed by atoms with van der Waals surface area (Å²) in [4.78, 5) is 13.7. The fraction of sp³-hybridized carbons (Fsp3) is 0.192. The largest absolute Gasteiger partial charge is 0.375 e. The third-order valence-corrected chi connectivity index (χ3v) is 7.93. The van der Waals surface area contributed by atoms with Gasteiger partial charge in [0.25, 0.3) is 15.9 Å². The molecule has 0 spiro atoms. The summed E-state index contributed by atoms with van der Waals surface area (Å²) in [5, 5.41) is 11.6. The van der Waals surface area contributed by atoms with E-state index in [0.29, 0.717) is 5.56 Å². The molecule has 1 aliphatic heterocycles. The molecule has 1 N–H and O–H groups in total. The van der Waals surface area contributed by atoms with Crippen molar-refractivity contribution in [2.75, 3.05) is 0 Å². The number of carbonyl (C=O) groups excluding carboxylic acids is 1. The smallest absolute Gasteiger partial charge is 0.273 e. The minimum Gasteiger partial charge on any atom is -0.375 e. The van der Waals surface area contributed by atoms with Crippen LogP contribution in [-0.4, -0.2) is 29.3 Å². The Morgan fingerprint density at radius 1 is 0.969 bits per heavy atom. The zero-order chi connectivity index (χ0) is 23.0. The van der Waals surface area contributed by atoms with Gasteiger partial charge in [-0.25, -0.2) is 12.7 Å². The van der Waals surface area contributed by atoms with Gasteiger partial charge in [0, 0.05) is 12.8 Å². The van der Waals surface area contributed by atoms with Gasteiger partial charge in [-0.3, -0.25) is 4.79 Å². The SMILES string of the molecule is C=C[C@@]1(Cc2ccccc2)C[C@](O)(c2ccccc2)C(=O)N1S(=O)(=O)c1ccc(C)cc1. The van der Waals surface area contributed by atoms with Crippen molar-refractivity contribution in [1.29, 1.82) is 0 Å². The Bertz CT molecular complexity index is 1240. The van der Waals surface area contributed by atoms with Crippen LogP contribution in [0.2, 0.25) is 0 Å². The number of hydrogen-bond acceptors (Lipinski definition) is 4. The summed E-state index contributed by atoms with van der Waals surface area (Å²) in [5.41, 5.74) is -1.25. The fourth-order valence-electron chi connectivity index (χ4n) is 4.38. The summed E-state index contributed by atoms with van der Waals surface area (Å²) >= 11 is 0. The molecule has 0 saturated carbocycles. The van der Waals surface area contributed by atoms with Crippen LogP contribution >= 0.6 is 0 Å². The Balaban J connectivity index is 1.91. The number of rotatable bonds is 6. The van der Waals surface area contributed by atoms with E-state index in [9.17, 15) is 18.3 Å². The lowest BCUT2D eigenvalue weighted by Crippen LogP contribution is -2.49. The van der Waals surface area contributed by atoms with Gasteiger partial charge in [0.1, 0.15) is 0 Å². The molecule has 6 heteroatoms. The minimum atomic E-state index is -4.27. The van der Waals surface area contributed by atoms with E-state index < -0.39 is 27.1 Å². The first-order valence-corrected chi connectivity index (χ1v) is 11.8. The van der Waals surface area contributed by atoms with Crippen LogP contribution in [-0.2, 0) is 26.8 Å². The number of nitrogens with zero attached hydrogens (tertiary/aromatic N) is 1. The molecule has 3 aromatic carbocycles. The van der Waals surface area contributed by atoms with Crippen LogP contribution in [0.4, 0.5) is 0 Å². The Hall–Kier alpha value is -3.22. The van der Waals surface area contributed by atoms with Gasteiger partial charge in [0.2, 0.25) is 0 Å². The first kappa shape index (κ1) is 22.0. The molecule has 4 rings (SSSR count). The van der Waals surface area contributed by atoms with Crippen molar-refractivity contribution in [3.8, 4) is 0 Å². The third kappa shape index (κ3) is 3.55. The molecule has 0 aromatic heterocycles. The standard InChI is InChI=1S/C26H25NO4S/c1-3-25(18-21-10-6-4-7-11-21)19-26(29,22-12-8-5-9-13-22)24(28)27(25)32(30,31)23-16-14-20(2)15-17-23/h3-17,29H,1,18-19H2,2H3/t25-,26+/m1/s1. The zero-order valence-electron chi connectivity index (χ0n) is 17.8. The van der Waals surface area contributed by atoms with E-state index in [-0.39, 0.29) is 17.7 Å². The van der Waals surface area contributed by atoms with E-state index >= 15 is 0 Å². The summed E-state index contributed by atoms with van der Waals surface area (Å²) in [5.74, 6) is -0.875. The first-order valence-electron chi connectivity index (χ1n) is 10.3. The van der Waals surface area contributed by atoms with Gasteiger partial charge < -0.3 is 5.11 Å². The fourth-order valence-corrected chi connectivity index (χ4v) is 6.12. The van der Waals surface area contributed by atoms with E-state index in [2.05, 4.69) is 6.58 Å². The van der Waals surface area contributed by atoms with Gasteiger partial charge in [-0.15, -0.1) is 6.58 Å². The molecule has 32 heavy (non-hydrogen) atoms. The molecule has 1 heterocycles. The molecule has 1 saturated heterocycles. The Morgan fingerprint density at radius 2 is 1.53 bits per heavy atom. The molecule has 0 unspecified atom stereocenters. The van der Waals surface area contributed by atoms with Crippen LogP contribution in [0.1, 0.15) is 23.1 Å². The maximum absolute atomic E-state index is 13.8. The highest BCUT2D eigenvalue weighted by molar-refractivity contribution is 7.89. The van der Waals surface area contributed by atoms with Gasteiger partial charge in [0.05, 0.1) is 10.4 Å². The predicted octanol–water partition coefficient (Wildman–Crippen LogP) is 3.97. The highest BCUT2D eigenvalue weighted by atomic mass is 32.2. The number of hydrogen-bond donors (Lipinski definition) is 1. The van der Waals surface area contributed by atoms with Gasteiger partial charge >= 0.3 is 0 Å². The van der Waals surface area contributed by atoms with Crippen molar-refractivity contribution in [3.05, 3.63) is 114 Å². The molecule has 0 radical (unpaired) electrons. The van der Waals surface area contributed by atoms with Crippen LogP contribution < -0.4 is 0 Å². The van der Waals surface area contributed by atoms with E-state index in [0.717, 1.165) is 15.4 Å². The molecule has 1 fully saturated rings. The van der Waals surface area contributed by atoms with Crippen molar-refractivity contribution >= 4 is 15.9 Å². The van der Waals surface area contributed by atoms with Gasteiger partial charge in [0.15, 0.2) is 5.60 Å². The second-order valence-electron chi connectivity index (χ2n) is 8.26. The van der Waals surface area contributed by atoms with Crippen LogP contribution in [0.5, 0.6) is 0 Å². The van der Waals surface area contributed by atoms with E-state index in [1.165, 1.54) is 18.2 Å². The van der Waals surface area contributed by atoms with Crippen molar-refractivity contribution < 1.29 is 18.3 Å². The van der Waals surface area contributed by atoms with Gasteiger partial charge in [-0.1, -0.05) is 84.4 Å². The molecule has 0 aliphatic carbocycles. The summed E-state index contributed by atoms with van der Waals surface area (Å²) in [6.45, 7) is 5.76. The van der Waals surface area contributed by atoms with E-state index in [4.69, 9.17) is 0 Å². The lowest BCUT2D eigenvalue weighted by atomic mass is 9.81. The predicted molar refractivity (Wildman–Crippen MR) is 123 cm³/mol. The number of benzene rings is 3. The molecule has 1 aliphatic rings. The topological polar surface area (TPSA) is 74.7 Å². The second kappa shape index (κ2) is 8.04. The van der Waals surface area contributed by atoms with Crippen molar-refractivity contribution in [3.63, 3.8) is 0 Å². The summed E-state index contributed by atoms with van der Waals surface area (Å²) < 4.78 is 28.4. The average Bonchev–Trinajstić information content (AvgIpc) is 3.03. The lowest BCUT2D eigenvalue weighted by Gasteiger charge is -2.34. The molecule has 1 amide bonds. The van der Waals surface area contributed by atoms with Crippen molar-refractivity contribution in [2.45, 2.75) is 35.8 Å². The maximum Gasteiger partial charge on any atom is 0.273 e. The molecular formula is C26H25NO4S. The van der Waals surface area contributed by atoms with Gasteiger partial charge in [-0.05, 0) is 30.2 Å². The quantitative estimate of drug-likeness (QED) is 0.580. The maximum atomic E-state index is 13.8. The Labute approximate surface area is 188 Å². The number of sulfonamides is 1. The number of aryl methyl sites for hydroxylation is 1. The van der Waals surface area contributed by atoms with Crippen LogP contribution in [0.3, 0.4) is 0 Å². The summed E-state index contributed by atoms with van der Waals surface area (Å²) in [7, 11) is -4.27. The van der Waals surface area contributed by atoms with Crippen molar-refractivity contribution in [1.82, 2.24) is 4.31 Å². The average molecular weight is 448 g/mol. The Morgan fingerprint density at radius 3 is 2.09 bits per heavy atom. The number of amides is 1. The zero-order valence-corrected chi connectivity index (χ0v) is 18.6. The monoisotopic (exact) mass is 447 g/mol. The van der Waals surface area contributed by atoms with Gasteiger partial charge in [-0.2, -0.15) is 0 Å². The van der Waals surface area contributed by atoms with Crippen LogP contribution in [0, 0.1) is 6.92 Å². The van der Waals surface area contributed by atoms with E-state index in [1.807, 2.05) is 37.3 Å².